The zero-order valence-corrected chi connectivity index (χ0v) is 5.73. The molecule has 8 heavy (non-hydrogen) atoms. The molecule has 0 aromatic rings. The Morgan fingerprint density at radius 2 is 2.38 bits per heavy atom. The Balaban J connectivity index is 3.50. The molecule has 0 aliphatic rings. The van der Waals surface area contributed by atoms with Gasteiger partial charge in [-0.05, 0) is 13.0 Å². The Labute approximate surface area is 55.2 Å². The predicted octanol–water partition coefficient (Wildman–Crippen LogP) is 2.03. The van der Waals surface area contributed by atoms with Gasteiger partial charge in [0.25, 0.3) is 0 Å². The smallest absolute Gasteiger partial charge is 0.0857 e. The first-order chi connectivity index (χ1) is 3.77. The van der Waals surface area contributed by atoms with Crippen LogP contribution in [0.15, 0.2) is 28.8 Å². The lowest BCUT2D eigenvalue weighted by atomic mass is 10.6. The first-order valence-electron chi connectivity index (χ1n) is 2.30. The number of thiol groups is 1. The Hall–Kier alpha value is -0.500. The molecule has 0 fully saturated rings. The highest BCUT2D eigenvalue weighted by Gasteiger charge is 1.68. The van der Waals surface area contributed by atoms with Crippen molar-refractivity contribution in [3.63, 3.8) is 0 Å². The lowest BCUT2D eigenvalue weighted by Crippen LogP contribution is -1.61. The summed E-state index contributed by atoms with van der Waals surface area (Å²) in [5.74, 6) is 0. The van der Waals surface area contributed by atoms with E-state index in [9.17, 15) is 0 Å². The molecule has 0 radical (unpaired) electrons. The topological polar surface area (TPSA) is 12.4 Å². The van der Waals surface area contributed by atoms with Crippen molar-refractivity contribution in [1.29, 1.82) is 0 Å². The van der Waals surface area contributed by atoms with Gasteiger partial charge in [0.1, 0.15) is 0 Å². The highest BCUT2D eigenvalue weighted by atomic mass is 32.1. The maximum atomic E-state index is 3.84. The van der Waals surface area contributed by atoms with E-state index in [2.05, 4.69) is 24.2 Å². The van der Waals surface area contributed by atoms with Crippen LogP contribution in [0.4, 0.5) is 0 Å². The van der Waals surface area contributed by atoms with Crippen LogP contribution in [0.2, 0.25) is 0 Å². The van der Waals surface area contributed by atoms with E-state index in [1.165, 1.54) is 0 Å². The molecule has 0 aromatic heterocycles. The summed E-state index contributed by atoms with van der Waals surface area (Å²) in [4.78, 5) is 3.77. The van der Waals surface area contributed by atoms with Crippen LogP contribution in [0.5, 0.6) is 0 Å². The standard InChI is InChI=1S/C6H9NS/c1-3-4-5-7-6(2)8/h3-5,8H,2H2,1H3/b4-3-,7-5-. The van der Waals surface area contributed by atoms with Gasteiger partial charge in [0, 0.05) is 6.21 Å². The van der Waals surface area contributed by atoms with Crippen LogP contribution in [-0.2, 0) is 0 Å². The fraction of sp³-hybridized carbons (Fsp3) is 0.167. The van der Waals surface area contributed by atoms with Gasteiger partial charge in [-0.2, -0.15) is 0 Å². The molecule has 0 saturated carbocycles. The molecule has 0 heterocycles. The van der Waals surface area contributed by atoms with E-state index in [4.69, 9.17) is 0 Å². The molecular formula is C6H9NS. The van der Waals surface area contributed by atoms with Gasteiger partial charge in [0.15, 0.2) is 0 Å². The predicted molar refractivity (Wildman–Crippen MR) is 41.4 cm³/mol. The van der Waals surface area contributed by atoms with Crippen LogP contribution in [0.1, 0.15) is 6.92 Å². The molecule has 2 heteroatoms. The Morgan fingerprint density at radius 3 is 2.75 bits per heavy atom. The zero-order chi connectivity index (χ0) is 6.41. The highest BCUT2D eigenvalue weighted by Crippen LogP contribution is 1.93. The quantitative estimate of drug-likeness (QED) is 0.430. The number of nitrogens with zero attached hydrogens (tertiary/aromatic N) is 1. The average molecular weight is 127 g/mol. The first-order valence-corrected chi connectivity index (χ1v) is 2.75. The normalized spacial score (nSPS) is 11.2. The fourth-order valence-corrected chi connectivity index (χ4v) is 0.282. The zero-order valence-electron chi connectivity index (χ0n) is 4.83. The molecule has 0 saturated heterocycles. The van der Waals surface area contributed by atoms with Gasteiger partial charge in [-0.3, -0.25) is 4.99 Å². The molecule has 0 aliphatic heterocycles. The molecule has 1 nitrogen and oxygen atoms in total. The van der Waals surface area contributed by atoms with E-state index < -0.39 is 0 Å². The lowest BCUT2D eigenvalue weighted by molar-refractivity contribution is 1.58. The summed E-state index contributed by atoms with van der Waals surface area (Å²) in [6, 6.07) is 0. The van der Waals surface area contributed by atoms with Crippen LogP contribution in [0.3, 0.4) is 0 Å². The van der Waals surface area contributed by atoms with Gasteiger partial charge in [-0.1, -0.05) is 12.7 Å². The molecule has 0 unspecified atom stereocenters. The monoisotopic (exact) mass is 127 g/mol. The van der Waals surface area contributed by atoms with Crippen LogP contribution >= 0.6 is 12.6 Å². The molecule has 0 aromatic carbocycles. The van der Waals surface area contributed by atoms with E-state index in [0.717, 1.165) is 0 Å². The molecule has 0 N–H and O–H groups in total. The van der Waals surface area contributed by atoms with E-state index in [-0.39, 0.29) is 0 Å². The minimum Gasteiger partial charge on any atom is -0.251 e. The molecule has 44 valence electrons. The van der Waals surface area contributed by atoms with Crippen LogP contribution in [-0.4, -0.2) is 6.21 Å². The van der Waals surface area contributed by atoms with Gasteiger partial charge in [-0.25, -0.2) is 0 Å². The van der Waals surface area contributed by atoms with E-state index >= 15 is 0 Å². The summed E-state index contributed by atoms with van der Waals surface area (Å²) in [6.07, 6.45) is 5.36. The molecule has 0 amide bonds. The van der Waals surface area contributed by atoms with Crippen molar-refractivity contribution in [2.24, 2.45) is 4.99 Å². The van der Waals surface area contributed by atoms with Crippen LogP contribution in [0.25, 0.3) is 0 Å². The maximum absolute atomic E-state index is 3.84. The molecule has 0 aliphatic carbocycles. The van der Waals surface area contributed by atoms with Crippen molar-refractivity contribution < 1.29 is 0 Å². The van der Waals surface area contributed by atoms with E-state index in [0.29, 0.717) is 5.03 Å². The van der Waals surface area contributed by atoms with Crippen molar-refractivity contribution in [1.82, 2.24) is 0 Å². The van der Waals surface area contributed by atoms with Crippen LogP contribution in [0, 0.1) is 0 Å². The third-order valence-corrected chi connectivity index (χ3v) is 0.618. The van der Waals surface area contributed by atoms with Gasteiger partial charge in [0.2, 0.25) is 0 Å². The third kappa shape index (κ3) is 5.50. The van der Waals surface area contributed by atoms with Crippen molar-refractivity contribution in [3.8, 4) is 0 Å². The van der Waals surface area contributed by atoms with Gasteiger partial charge in [-0.15, -0.1) is 12.6 Å². The van der Waals surface area contributed by atoms with Crippen molar-refractivity contribution in [2.45, 2.75) is 6.92 Å². The number of hydrogen-bond acceptors (Lipinski definition) is 2. The maximum Gasteiger partial charge on any atom is 0.0857 e. The molecule has 0 spiro atoms. The van der Waals surface area contributed by atoms with Crippen molar-refractivity contribution >= 4 is 18.8 Å². The van der Waals surface area contributed by atoms with Crippen molar-refractivity contribution in [2.75, 3.05) is 0 Å². The molecule has 0 rings (SSSR count). The summed E-state index contributed by atoms with van der Waals surface area (Å²) >= 11 is 3.84. The summed E-state index contributed by atoms with van der Waals surface area (Å²) < 4.78 is 0. The minimum absolute atomic E-state index is 0.531. The number of allylic oxidation sites excluding steroid dienone is 2. The van der Waals surface area contributed by atoms with Crippen LogP contribution < -0.4 is 0 Å². The number of rotatable bonds is 2. The second-order valence-electron chi connectivity index (χ2n) is 1.22. The highest BCUT2D eigenvalue weighted by molar-refractivity contribution is 7.84. The summed E-state index contributed by atoms with van der Waals surface area (Å²) in [5.41, 5.74) is 0. The average Bonchev–Trinajstić information content (AvgIpc) is 1.66. The molecule has 0 bridgehead atoms. The van der Waals surface area contributed by atoms with Gasteiger partial charge < -0.3 is 0 Å². The third-order valence-electron chi connectivity index (χ3n) is 0.502. The number of aliphatic imine (C=N–C) groups is 1. The second-order valence-corrected chi connectivity index (χ2v) is 1.74. The minimum atomic E-state index is 0.531. The van der Waals surface area contributed by atoms with Crippen molar-refractivity contribution in [3.05, 3.63) is 23.8 Å². The first kappa shape index (κ1) is 7.50. The Bertz CT molecular complexity index is 124. The Morgan fingerprint density at radius 1 is 1.75 bits per heavy atom. The summed E-state index contributed by atoms with van der Waals surface area (Å²) in [6.45, 7) is 5.38. The molecule has 0 atom stereocenters. The number of hydrogen-bond donors (Lipinski definition) is 1. The molecular weight excluding hydrogens is 118 g/mol. The van der Waals surface area contributed by atoms with E-state index in [1.807, 2.05) is 19.1 Å². The largest absolute Gasteiger partial charge is 0.251 e. The van der Waals surface area contributed by atoms with Gasteiger partial charge in [0.05, 0.1) is 5.03 Å². The second kappa shape index (κ2) is 4.65. The Kier molecular flexibility index (Phi) is 4.36. The lowest BCUT2D eigenvalue weighted by Gasteiger charge is -1.78. The summed E-state index contributed by atoms with van der Waals surface area (Å²) in [7, 11) is 0. The fourth-order valence-electron chi connectivity index (χ4n) is 0.215. The van der Waals surface area contributed by atoms with E-state index in [1.54, 1.807) is 6.21 Å². The summed E-state index contributed by atoms with van der Waals surface area (Å²) in [5, 5.41) is 0.531. The SMILES string of the molecule is C=C(S)/N=C\C=C/C. The van der Waals surface area contributed by atoms with Gasteiger partial charge >= 0.3 is 0 Å².